The summed E-state index contributed by atoms with van der Waals surface area (Å²) in [7, 11) is 1.66. The summed E-state index contributed by atoms with van der Waals surface area (Å²) >= 11 is 0. The van der Waals surface area contributed by atoms with Gasteiger partial charge in [-0.2, -0.15) is 0 Å². The summed E-state index contributed by atoms with van der Waals surface area (Å²) in [6.07, 6.45) is 2.03. The molecule has 0 aromatic heterocycles. The molecule has 4 N–H and O–H groups in total. The molecule has 6 nitrogen and oxygen atoms in total. The molecule has 2 rings (SSSR count). The molecule has 0 amide bonds. The number of nitrogens with zero attached hydrogens (tertiary/aromatic N) is 3. The maximum Gasteiger partial charge on any atom is 0.191 e. The molecule has 1 aromatic carbocycles. The van der Waals surface area contributed by atoms with Crippen LogP contribution in [-0.2, 0) is 4.84 Å². The number of aliphatic imine (C=N–C) groups is 1. The number of hydroxylamine groups is 2. The third-order valence-electron chi connectivity index (χ3n) is 2.68. The second-order valence-electron chi connectivity index (χ2n) is 4.00. The standard InChI is InChI=1S/C12H17N5O/c1-9-7-16(8-17(9)18-2)11-5-3-10(4-6-11)15-12(13)14/h3-7H,8H2,1-2H3,(H4,13,14,15). The lowest BCUT2D eigenvalue weighted by molar-refractivity contribution is -0.0905. The van der Waals surface area contributed by atoms with Gasteiger partial charge in [-0.1, -0.05) is 0 Å². The fourth-order valence-electron chi connectivity index (χ4n) is 1.81. The first kappa shape index (κ1) is 12.3. The molecule has 1 aliphatic heterocycles. The Kier molecular flexibility index (Phi) is 3.38. The van der Waals surface area contributed by atoms with E-state index in [0.29, 0.717) is 6.67 Å². The van der Waals surface area contributed by atoms with Crippen LogP contribution in [0.15, 0.2) is 41.2 Å². The van der Waals surface area contributed by atoms with E-state index in [1.165, 1.54) is 0 Å². The van der Waals surface area contributed by atoms with Crippen molar-refractivity contribution in [3.63, 3.8) is 0 Å². The Morgan fingerprint density at radius 2 is 1.94 bits per heavy atom. The number of benzene rings is 1. The van der Waals surface area contributed by atoms with Gasteiger partial charge >= 0.3 is 0 Å². The highest BCUT2D eigenvalue weighted by Crippen LogP contribution is 2.25. The Morgan fingerprint density at radius 1 is 1.28 bits per heavy atom. The van der Waals surface area contributed by atoms with Crippen LogP contribution < -0.4 is 16.4 Å². The number of hydrogen-bond acceptors (Lipinski definition) is 4. The van der Waals surface area contributed by atoms with E-state index in [-0.39, 0.29) is 5.96 Å². The Hall–Kier alpha value is -2.21. The van der Waals surface area contributed by atoms with E-state index in [1.807, 2.05) is 42.5 Å². The molecule has 0 fully saturated rings. The number of guanidine groups is 1. The van der Waals surface area contributed by atoms with Crippen molar-refractivity contribution in [3.8, 4) is 0 Å². The molecule has 0 saturated heterocycles. The third-order valence-corrected chi connectivity index (χ3v) is 2.68. The highest BCUT2D eigenvalue weighted by molar-refractivity contribution is 5.79. The number of rotatable bonds is 3. The van der Waals surface area contributed by atoms with Crippen molar-refractivity contribution in [3.05, 3.63) is 36.2 Å². The molecule has 0 unspecified atom stereocenters. The Labute approximate surface area is 106 Å². The van der Waals surface area contributed by atoms with Gasteiger partial charge in [-0.05, 0) is 31.2 Å². The van der Waals surface area contributed by atoms with Crippen molar-refractivity contribution < 1.29 is 4.84 Å². The minimum absolute atomic E-state index is 0.0604. The van der Waals surface area contributed by atoms with E-state index in [1.54, 1.807) is 7.11 Å². The van der Waals surface area contributed by atoms with Crippen LogP contribution in [0.5, 0.6) is 0 Å². The summed E-state index contributed by atoms with van der Waals surface area (Å²) in [6.45, 7) is 2.67. The molecule has 0 aliphatic carbocycles. The summed E-state index contributed by atoms with van der Waals surface area (Å²) in [5.41, 5.74) is 13.5. The molecule has 1 heterocycles. The Balaban J connectivity index is 2.14. The SMILES string of the molecule is CON1CN(c2ccc(N=C(N)N)cc2)C=C1C. The summed E-state index contributed by atoms with van der Waals surface area (Å²) in [4.78, 5) is 11.3. The fourth-order valence-corrected chi connectivity index (χ4v) is 1.81. The average Bonchev–Trinajstić information content (AvgIpc) is 2.71. The van der Waals surface area contributed by atoms with Crippen molar-refractivity contribution in [1.29, 1.82) is 0 Å². The molecule has 0 bridgehead atoms. The second-order valence-corrected chi connectivity index (χ2v) is 4.00. The third kappa shape index (κ3) is 2.54. The van der Waals surface area contributed by atoms with Crippen LogP contribution in [0.2, 0.25) is 0 Å². The van der Waals surface area contributed by atoms with Crippen LogP contribution in [0.25, 0.3) is 0 Å². The van der Waals surface area contributed by atoms with Gasteiger partial charge in [0.1, 0.15) is 6.67 Å². The largest absolute Gasteiger partial charge is 0.370 e. The minimum Gasteiger partial charge on any atom is -0.370 e. The molecular weight excluding hydrogens is 230 g/mol. The van der Waals surface area contributed by atoms with Crippen LogP contribution in [0.4, 0.5) is 11.4 Å². The molecular formula is C12H17N5O. The first-order valence-electron chi connectivity index (χ1n) is 5.56. The molecule has 96 valence electrons. The maximum absolute atomic E-state index is 5.32. The molecule has 1 aromatic rings. The van der Waals surface area contributed by atoms with Gasteiger partial charge in [-0.3, -0.25) is 4.84 Å². The van der Waals surface area contributed by atoms with Crippen molar-refractivity contribution in [2.45, 2.75) is 6.92 Å². The number of nitrogens with two attached hydrogens (primary N) is 2. The van der Waals surface area contributed by atoms with E-state index < -0.39 is 0 Å². The Bertz CT molecular complexity index is 476. The van der Waals surface area contributed by atoms with Crippen molar-refractivity contribution in [1.82, 2.24) is 5.06 Å². The van der Waals surface area contributed by atoms with Crippen LogP contribution in [0.1, 0.15) is 6.92 Å². The maximum atomic E-state index is 5.32. The van der Waals surface area contributed by atoms with Crippen LogP contribution in [-0.4, -0.2) is 24.8 Å². The average molecular weight is 247 g/mol. The van der Waals surface area contributed by atoms with Crippen molar-refractivity contribution in [2.24, 2.45) is 16.5 Å². The summed E-state index contributed by atoms with van der Waals surface area (Å²) in [5, 5.41) is 1.81. The van der Waals surface area contributed by atoms with Crippen LogP contribution in [0.3, 0.4) is 0 Å². The second kappa shape index (κ2) is 4.97. The van der Waals surface area contributed by atoms with E-state index in [9.17, 15) is 0 Å². The van der Waals surface area contributed by atoms with E-state index in [4.69, 9.17) is 16.3 Å². The molecule has 0 atom stereocenters. The lowest BCUT2D eigenvalue weighted by Crippen LogP contribution is -2.25. The van der Waals surface area contributed by atoms with Gasteiger partial charge in [-0.15, -0.1) is 0 Å². The Morgan fingerprint density at radius 3 is 2.44 bits per heavy atom. The van der Waals surface area contributed by atoms with Gasteiger partial charge in [-0.25, -0.2) is 10.1 Å². The van der Waals surface area contributed by atoms with E-state index in [2.05, 4.69) is 9.89 Å². The highest BCUT2D eigenvalue weighted by atomic mass is 16.7. The van der Waals surface area contributed by atoms with Crippen molar-refractivity contribution in [2.75, 3.05) is 18.7 Å². The summed E-state index contributed by atoms with van der Waals surface area (Å²) in [5.74, 6) is 0.0604. The van der Waals surface area contributed by atoms with Gasteiger partial charge < -0.3 is 16.4 Å². The molecule has 0 radical (unpaired) electrons. The van der Waals surface area contributed by atoms with Gasteiger partial charge in [0.15, 0.2) is 5.96 Å². The fraction of sp³-hybridized carbons (Fsp3) is 0.250. The zero-order chi connectivity index (χ0) is 13.1. The normalized spacial score (nSPS) is 14.7. The first-order chi connectivity index (χ1) is 8.60. The molecule has 1 aliphatic rings. The smallest absolute Gasteiger partial charge is 0.191 e. The predicted octanol–water partition coefficient (Wildman–Crippen LogP) is 1.09. The van der Waals surface area contributed by atoms with E-state index in [0.717, 1.165) is 17.1 Å². The zero-order valence-corrected chi connectivity index (χ0v) is 10.5. The highest BCUT2D eigenvalue weighted by Gasteiger charge is 2.18. The molecule has 0 saturated carbocycles. The number of allylic oxidation sites excluding steroid dienone is 1. The van der Waals surface area contributed by atoms with Gasteiger partial charge in [0.05, 0.1) is 18.5 Å². The topological polar surface area (TPSA) is 80.1 Å². The van der Waals surface area contributed by atoms with Gasteiger partial charge in [0.25, 0.3) is 0 Å². The van der Waals surface area contributed by atoms with Crippen LogP contribution in [0, 0.1) is 0 Å². The minimum atomic E-state index is 0.0604. The molecule has 0 spiro atoms. The summed E-state index contributed by atoms with van der Waals surface area (Å²) in [6, 6.07) is 7.66. The van der Waals surface area contributed by atoms with Gasteiger partial charge in [0.2, 0.25) is 0 Å². The van der Waals surface area contributed by atoms with Gasteiger partial charge in [0, 0.05) is 11.9 Å². The van der Waals surface area contributed by atoms with E-state index >= 15 is 0 Å². The number of anilines is 1. The first-order valence-corrected chi connectivity index (χ1v) is 5.56. The monoisotopic (exact) mass is 247 g/mol. The molecule has 6 heteroatoms. The summed E-state index contributed by atoms with van der Waals surface area (Å²) < 4.78 is 0. The number of hydrogen-bond donors (Lipinski definition) is 2. The van der Waals surface area contributed by atoms with Crippen LogP contribution >= 0.6 is 0 Å². The quantitative estimate of drug-likeness (QED) is 0.617. The lowest BCUT2D eigenvalue weighted by atomic mass is 10.2. The molecule has 18 heavy (non-hydrogen) atoms. The van der Waals surface area contributed by atoms with Crippen molar-refractivity contribution >= 4 is 17.3 Å². The zero-order valence-electron chi connectivity index (χ0n) is 10.5. The lowest BCUT2D eigenvalue weighted by Gasteiger charge is -2.20. The predicted molar refractivity (Wildman–Crippen MR) is 71.9 cm³/mol.